The maximum absolute atomic E-state index is 2.46. The molecule has 0 nitrogen and oxygen atoms in total. The second kappa shape index (κ2) is 23.7. The lowest BCUT2D eigenvalue weighted by molar-refractivity contribution is 0.556. The predicted molar refractivity (Wildman–Crippen MR) is 261 cm³/mol. The Bertz CT molecular complexity index is 1840. The summed E-state index contributed by atoms with van der Waals surface area (Å²) < 4.78 is 0. The highest BCUT2D eigenvalue weighted by atomic mass is 32.1. The number of hydrogen-bond acceptors (Lipinski definition) is 6. The maximum atomic E-state index is 2.46. The fourth-order valence-electron chi connectivity index (χ4n) is 7.92. The standard InChI is InChI=1S/C50H66S6/c1-5-7-9-11-13-15-17-19-21-23-25-39-35-37(3)51-49(39)47-33-31-45(55-47)43-29-27-41(53-43)42-28-30-44(54-42)46-32-34-48(56-46)50-40(36-38(4)52-50)26-24-22-20-18-16-14-12-10-8-6-2/h27-36H,5-26H2,1-4H3. The van der Waals surface area contributed by atoms with E-state index in [1.54, 1.807) is 11.1 Å². The maximum Gasteiger partial charge on any atom is 0.0477 e. The lowest BCUT2D eigenvalue weighted by atomic mass is 10.0. The van der Waals surface area contributed by atoms with Crippen molar-refractivity contribution in [2.75, 3.05) is 0 Å². The van der Waals surface area contributed by atoms with Crippen LogP contribution in [0.3, 0.4) is 0 Å². The molecule has 0 aliphatic rings. The molecule has 0 aromatic carbocycles. The van der Waals surface area contributed by atoms with Crippen molar-refractivity contribution in [1.82, 2.24) is 0 Å². The molecule has 6 heteroatoms. The van der Waals surface area contributed by atoms with E-state index in [-0.39, 0.29) is 0 Å². The van der Waals surface area contributed by atoms with E-state index < -0.39 is 0 Å². The van der Waals surface area contributed by atoms with Crippen LogP contribution in [0, 0.1) is 13.8 Å². The molecular weight excluding hydrogens is 793 g/mol. The van der Waals surface area contributed by atoms with Gasteiger partial charge in [0.1, 0.15) is 0 Å². The van der Waals surface area contributed by atoms with Crippen molar-refractivity contribution in [3.8, 4) is 48.8 Å². The fourth-order valence-corrected chi connectivity index (χ4v) is 14.6. The Morgan fingerprint density at radius 1 is 0.304 bits per heavy atom. The number of rotatable bonds is 27. The third-order valence-electron chi connectivity index (χ3n) is 11.1. The van der Waals surface area contributed by atoms with Gasteiger partial charge in [-0.2, -0.15) is 0 Å². The van der Waals surface area contributed by atoms with Gasteiger partial charge in [-0.15, -0.1) is 68.0 Å². The van der Waals surface area contributed by atoms with Gasteiger partial charge in [0, 0.05) is 58.5 Å². The summed E-state index contributed by atoms with van der Waals surface area (Å²) in [4.78, 5) is 17.1. The number of thiophene rings is 6. The van der Waals surface area contributed by atoms with Crippen LogP contribution in [0.15, 0.2) is 60.7 Å². The van der Waals surface area contributed by atoms with Crippen LogP contribution in [0.25, 0.3) is 48.8 Å². The average molecular weight is 859 g/mol. The van der Waals surface area contributed by atoms with E-state index in [0.717, 1.165) is 0 Å². The van der Waals surface area contributed by atoms with Gasteiger partial charge in [-0.25, -0.2) is 0 Å². The number of unbranched alkanes of at least 4 members (excludes halogenated alkanes) is 18. The zero-order valence-electron chi connectivity index (χ0n) is 34.8. The predicted octanol–water partition coefficient (Wildman–Crippen LogP) is 19.9. The quantitative estimate of drug-likeness (QED) is 0.0453. The van der Waals surface area contributed by atoms with E-state index in [9.17, 15) is 0 Å². The molecule has 56 heavy (non-hydrogen) atoms. The van der Waals surface area contributed by atoms with Crippen LogP contribution >= 0.6 is 68.0 Å². The van der Waals surface area contributed by atoms with E-state index in [0.29, 0.717) is 0 Å². The molecule has 0 saturated carbocycles. The van der Waals surface area contributed by atoms with Crippen LogP contribution in [0.5, 0.6) is 0 Å². The Morgan fingerprint density at radius 2 is 0.554 bits per heavy atom. The summed E-state index contributed by atoms with van der Waals surface area (Å²) in [7, 11) is 0. The van der Waals surface area contributed by atoms with Crippen LogP contribution < -0.4 is 0 Å². The fraction of sp³-hybridized carbons (Fsp3) is 0.520. The van der Waals surface area contributed by atoms with Crippen molar-refractivity contribution in [3.63, 3.8) is 0 Å². The normalized spacial score (nSPS) is 11.7. The average Bonchev–Trinajstić information content (AvgIpc) is 4.05. The van der Waals surface area contributed by atoms with Crippen LogP contribution in [0.2, 0.25) is 0 Å². The van der Waals surface area contributed by atoms with E-state index in [2.05, 4.69) is 88.4 Å². The van der Waals surface area contributed by atoms with E-state index in [4.69, 9.17) is 0 Å². The lowest BCUT2D eigenvalue weighted by Crippen LogP contribution is -1.86. The van der Waals surface area contributed by atoms with Crippen molar-refractivity contribution in [2.24, 2.45) is 0 Å². The van der Waals surface area contributed by atoms with Crippen molar-refractivity contribution in [3.05, 3.63) is 81.5 Å². The lowest BCUT2D eigenvalue weighted by Gasteiger charge is -2.04. The van der Waals surface area contributed by atoms with Crippen molar-refractivity contribution >= 4 is 68.0 Å². The summed E-state index contributed by atoms with van der Waals surface area (Å²) in [6.07, 6.45) is 30.3. The first-order valence-electron chi connectivity index (χ1n) is 22.1. The molecule has 6 rings (SSSR count). The molecule has 0 fully saturated rings. The van der Waals surface area contributed by atoms with Gasteiger partial charge in [-0.1, -0.05) is 129 Å². The van der Waals surface area contributed by atoms with Gasteiger partial charge in [-0.3, -0.25) is 0 Å². The molecule has 0 N–H and O–H groups in total. The van der Waals surface area contributed by atoms with Crippen LogP contribution in [0.1, 0.15) is 163 Å². The third-order valence-corrected chi connectivity index (χ3v) is 18.5. The number of hydrogen-bond donors (Lipinski definition) is 0. The second-order valence-electron chi connectivity index (χ2n) is 15.9. The molecule has 0 unspecified atom stereocenters. The molecule has 0 bridgehead atoms. The highest BCUT2D eigenvalue weighted by molar-refractivity contribution is 7.30. The summed E-state index contributed by atoms with van der Waals surface area (Å²) in [5, 5.41) is 0. The van der Waals surface area contributed by atoms with Gasteiger partial charge in [0.2, 0.25) is 0 Å². The first-order chi connectivity index (χ1) is 27.5. The van der Waals surface area contributed by atoms with Crippen LogP contribution in [-0.4, -0.2) is 0 Å². The molecule has 0 atom stereocenters. The van der Waals surface area contributed by atoms with Crippen molar-refractivity contribution < 1.29 is 0 Å². The Balaban J connectivity index is 0.996. The Kier molecular flexibility index (Phi) is 18.5. The molecule has 0 aliphatic heterocycles. The second-order valence-corrected chi connectivity index (χ2v) is 22.8. The number of aryl methyl sites for hydroxylation is 4. The van der Waals surface area contributed by atoms with Crippen molar-refractivity contribution in [1.29, 1.82) is 0 Å². The molecule has 0 amide bonds. The van der Waals surface area contributed by atoms with E-state index in [1.165, 1.54) is 200 Å². The molecule has 0 radical (unpaired) electrons. The van der Waals surface area contributed by atoms with Crippen LogP contribution in [0.4, 0.5) is 0 Å². The molecule has 6 aromatic rings. The van der Waals surface area contributed by atoms with Gasteiger partial charge < -0.3 is 0 Å². The van der Waals surface area contributed by atoms with Gasteiger partial charge in [0.15, 0.2) is 0 Å². The summed E-state index contributed by atoms with van der Waals surface area (Å²) in [5.74, 6) is 0. The van der Waals surface area contributed by atoms with Gasteiger partial charge in [0.05, 0.1) is 0 Å². The summed E-state index contributed by atoms with van der Waals surface area (Å²) >= 11 is 11.8. The molecule has 6 aromatic heterocycles. The summed E-state index contributed by atoms with van der Waals surface area (Å²) in [6, 6.07) is 23.8. The highest BCUT2D eigenvalue weighted by Crippen LogP contribution is 2.47. The van der Waals surface area contributed by atoms with E-state index in [1.807, 2.05) is 68.0 Å². The van der Waals surface area contributed by atoms with Crippen molar-refractivity contribution in [2.45, 2.75) is 169 Å². The molecule has 0 saturated heterocycles. The van der Waals surface area contributed by atoms with Gasteiger partial charge in [-0.05, 0) is 111 Å². The zero-order chi connectivity index (χ0) is 39.0. The SMILES string of the molecule is CCCCCCCCCCCCc1cc(C)sc1-c1ccc(-c2ccc(-c3ccc(-c4ccc(-c5sc(C)cc5CCCCCCCCCCCC)s4)s3)s2)s1. The Labute approximate surface area is 364 Å². The molecular formula is C50H66S6. The minimum Gasteiger partial charge on any atom is -0.139 e. The third kappa shape index (κ3) is 13.1. The van der Waals surface area contributed by atoms with Gasteiger partial charge in [0.25, 0.3) is 0 Å². The molecule has 0 spiro atoms. The molecule has 6 heterocycles. The minimum absolute atomic E-state index is 1.21. The van der Waals surface area contributed by atoms with E-state index >= 15 is 0 Å². The largest absolute Gasteiger partial charge is 0.139 e. The topological polar surface area (TPSA) is 0 Å². The monoisotopic (exact) mass is 858 g/mol. The Morgan fingerprint density at radius 3 is 0.857 bits per heavy atom. The summed E-state index contributed by atoms with van der Waals surface area (Å²) in [6.45, 7) is 9.17. The highest BCUT2D eigenvalue weighted by Gasteiger charge is 2.17. The van der Waals surface area contributed by atoms with Crippen LogP contribution in [-0.2, 0) is 12.8 Å². The first kappa shape index (κ1) is 43.8. The smallest absolute Gasteiger partial charge is 0.0477 e. The minimum atomic E-state index is 1.21. The zero-order valence-corrected chi connectivity index (χ0v) is 39.7. The van der Waals surface area contributed by atoms with Gasteiger partial charge >= 0.3 is 0 Å². The Hall–Kier alpha value is -1.80. The summed E-state index contributed by atoms with van der Waals surface area (Å²) in [5.41, 5.74) is 3.13. The first-order valence-corrected chi connectivity index (χ1v) is 27.0. The molecule has 0 aliphatic carbocycles. The molecule has 302 valence electrons.